The fraction of sp³-hybridized carbons (Fsp3) is 0.0769. The van der Waals surface area contributed by atoms with Gasteiger partial charge in [-0.25, -0.2) is 4.09 Å². The van der Waals surface area contributed by atoms with E-state index in [0.29, 0.717) is 17.0 Å². The van der Waals surface area contributed by atoms with Crippen LogP contribution in [0, 0.1) is 0 Å². The van der Waals surface area contributed by atoms with Crippen LogP contribution in [-0.4, -0.2) is 15.1 Å². The molecule has 1 amide bonds. The van der Waals surface area contributed by atoms with Crippen LogP contribution in [0.25, 0.3) is 6.08 Å². The first-order chi connectivity index (χ1) is 9.65. The third kappa shape index (κ3) is 3.15. The molecule has 104 valence electrons. The normalized spacial score (nSPS) is 10.1. The van der Waals surface area contributed by atoms with Gasteiger partial charge < -0.3 is 4.74 Å². The van der Waals surface area contributed by atoms with Crippen molar-refractivity contribution in [3.05, 3.63) is 53.7 Å². The minimum Gasteiger partial charge on any atom is -0.472 e. The van der Waals surface area contributed by atoms with Gasteiger partial charge >= 0.3 is 0 Å². The summed E-state index contributed by atoms with van der Waals surface area (Å²) >= 11 is 9.40. The van der Waals surface area contributed by atoms with Gasteiger partial charge in [-0.1, -0.05) is 24.8 Å². The van der Waals surface area contributed by atoms with Crippen LogP contribution in [0.3, 0.4) is 0 Å². The van der Waals surface area contributed by atoms with Crippen molar-refractivity contribution in [3.8, 4) is 5.88 Å². The molecule has 0 atom stereocenters. The maximum atomic E-state index is 11.8. The lowest BCUT2D eigenvalue weighted by molar-refractivity contribution is 0.0979. The molecule has 20 heavy (non-hydrogen) atoms. The van der Waals surface area contributed by atoms with E-state index >= 15 is 0 Å². The summed E-state index contributed by atoms with van der Waals surface area (Å²) in [5.74, 6) is 0.0183. The fourth-order valence-corrected chi connectivity index (χ4v) is 2.00. The molecule has 2 aromatic rings. The van der Waals surface area contributed by atoms with Gasteiger partial charge in [0.15, 0.2) is 0 Å². The molecule has 0 fully saturated rings. The highest BCUT2D eigenvalue weighted by atomic mass is 35.5. The third-order valence-electron chi connectivity index (χ3n) is 2.68. The number of rotatable bonds is 5. The van der Waals surface area contributed by atoms with Crippen molar-refractivity contribution in [2.24, 2.45) is 0 Å². The minimum absolute atomic E-state index is 0.173. The Morgan fingerprint density at radius 2 is 2.35 bits per heavy atom. The lowest BCUT2D eigenvalue weighted by Gasteiger charge is -2.11. The number of carbonyl (C=O) groups is 1. The van der Waals surface area contributed by atoms with Crippen LogP contribution in [0.5, 0.6) is 5.88 Å². The molecule has 0 radical (unpaired) electrons. The molecule has 2 rings (SSSR count). The molecule has 7 heteroatoms. The lowest BCUT2D eigenvalue weighted by Crippen LogP contribution is -2.16. The summed E-state index contributed by atoms with van der Waals surface area (Å²) in [5.41, 5.74) is 1.92. The number of ether oxygens (including phenoxy) is 1. The number of benzene rings is 1. The first kappa shape index (κ1) is 14.5. The second kappa shape index (κ2) is 6.49. The molecule has 1 aromatic heterocycles. The van der Waals surface area contributed by atoms with Crippen LogP contribution in [0.2, 0.25) is 0 Å². The van der Waals surface area contributed by atoms with Crippen LogP contribution >= 0.6 is 24.6 Å². The van der Waals surface area contributed by atoms with E-state index in [9.17, 15) is 4.79 Å². The monoisotopic (exact) mass is 309 g/mol. The molecule has 0 unspecified atom stereocenters. The first-order valence-electron chi connectivity index (χ1n) is 5.68. The highest BCUT2D eigenvalue weighted by molar-refractivity contribution is 7.78. The van der Waals surface area contributed by atoms with E-state index in [0.717, 1.165) is 5.56 Å². The Morgan fingerprint density at radius 1 is 1.55 bits per heavy atom. The van der Waals surface area contributed by atoms with E-state index in [1.54, 1.807) is 30.5 Å². The second-order valence-corrected chi connectivity index (χ2v) is 4.46. The Bertz CT molecular complexity index is 642. The summed E-state index contributed by atoms with van der Waals surface area (Å²) in [6.45, 7) is 3.90. The number of aromatic nitrogens is 2. The number of hydrogen-bond donors (Lipinski definition) is 2. The molecule has 0 aliphatic heterocycles. The van der Waals surface area contributed by atoms with E-state index in [2.05, 4.69) is 29.3 Å². The van der Waals surface area contributed by atoms with E-state index in [1.165, 1.54) is 4.09 Å². The topological polar surface area (TPSA) is 56.1 Å². The molecule has 0 saturated carbocycles. The maximum Gasteiger partial charge on any atom is 0.266 e. The average Bonchev–Trinajstić information content (AvgIpc) is 2.89. The predicted molar refractivity (Wildman–Crippen MR) is 80.8 cm³/mol. The van der Waals surface area contributed by atoms with Crippen LogP contribution < -0.4 is 9.57 Å². The fourth-order valence-electron chi connectivity index (χ4n) is 1.74. The van der Waals surface area contributed by atoms with Crippen molar-refractivity contribution in [1.29, 1.82) is 0 Å². The van der Waals surface area contributed by atoms with Gasteiger partial charge in [0.2, 0.25) is 5.88 Å². The average molecular weight is 310 g/mol. The summed E-state index contributed by atoms with van der Waals surface area (Å²) in [4.78, 5) is 13.8. The molecule has 0 aliphatic carbocycles. The number of carbonyl (C=O) groups excluding carboxylic acids is 1. The van der Waals surface area contributed by atoms with Crippen molar-refractivity contribution < 1.29 is 9.53 Å². The Morgan fingerprint density at radius 3 is 2.95 bits per heavy atom. The molecule has 0 aliphatic rings. The van der Waals surface area contributed by atoms with Gasteiger partial charge in [0, 0.05) is 35.2 Å². The van der Waals surface area contributed by atoms with Crippen LogP contribution in [0.4, 0.5) is 0 Å². The Hall–Kier alpha value is -1.92. The zero-order chi connectivity index (χ0) is 14.5. The lowest BCUT2D eigenvalue weighted by atomic mass is 10.0. The van der Waals surface area contributed by atoms with E-state index in [4.69, 9.17) is 16.5 Å². The van der Waals surface area contributed by atoms with E-state index < -0.39 is 5.91 Å². The van der Waals surface area contributed by atoms with Crippen LogP contribution in [0.15, 0.2) is 37.0 Å². The van der Waals surface area contributed by atoms with Gasteiger partial charge in [0.05, 0.1) is 0 Å². The van der Waals surface area contributed by atoms with E-state index in [-0.39, 0.29) is 6.61 Å². The van der Waals surface area contributed by atoms with Gasteiger partial charge in [-0.05, 0) is 24.4 Å². The first-order valence-corrected chi connectivity index (χ1v) is 6.46. The third-order valence-corrected chi connectivity index (χ3v) is 3.07. The van der Waals surface area contributed by atoms with Gasteiger partial charge in [0.25, 0.3) is 5.91 Å². The Labute approximate surface area is 126 Å². The van der Waals surface area contributed by atoms with Crippen molar-refractivity contribution in [1.82, 2.24) is 14.0 Å². The highest BCUT2D eigenvalue weighted by Crippen LogP contribution is 2.19. The second-order valence-electron chi connectivity index (χ2n) is 3.86. The van der Waals surface area contributed by atoms with Gasteiger partial charge in [-0.15, -0.1) is 5.10 Å². The van der Waals surface area contributed by atoms with Gasteiger partial charge in [-0.3, -0.25) is 9.63 Å². The smallest absolute Gasteiger partial charge is 0.266 e. The minimum atomic E-state index is -0.395. The van der Waals surface area contributed by atoms with E-state index in [1.807, 2.05) is 6.07 Å². The number of nitrogens with one attached hydrogen (secondary N) is 1. The zero-order valence-electron chi connectivity index (χ0n) is 10.4. The molecule has 1 aromatic carbocycles. The maximum absolute atomic E-state index is 11.8. The molecule has 0 bridgehead atoms. The number of amides is 1. The Kier molecular flexibility index (Phi) is 4.70. The molecule has 0 spiro atoms. The number of halogens is 1. The Balaban J connectivity index is 2.28. The van der Waals surface area contributed by atoms with Crippen molar-refractivity contribution in [2.75, 3.05) is 0 Å². The molecule has 0 saturated heterocycles. The number of hydrogen-bond acceptors (Lipinski definition) is 4. The number of thiol groups is 1. The SMILES string of the molecule is C=Cc1cccc(C(=O)NCl)c1COc1ccn(S)n1. The summed E-state index contributed by atoms with van der Waals surface area (Å²) in [7, 11) is 0. The summed E-state index contributed by atoms with van der Waals surface area (Å²) < 4.78 is 6.87. The quantitative estimate of drug-likeness (QED) is 0.659. The van der Waals surface area contributed by atoms with Crippen molar-refractivity contribution >= 4 is 36.6 Å². The zero-order valence-corrected chi connectivity index (χ0v) is 12.1. The van der Waals surface area contributed by atoms with Crippen LogP contribution in [-0.2, 0) is 6.61 Å². The van der Waals surface area contributed by atoms with Crippen molar-refractivity contribution in [2.45, 2.75) is 6.61 Å². The summed E-state index contributed by atoms with van der Waals surface area (Å²) in [5, 5.41) is 3.98. The highest BCUT2D eigenvalue weighted by Gasteiger charge is 2.14. The predicted octanol–water partition coefficient (Wildman–Crippen LogP) is 2.68. The number of nitrogens with zero attached hydrogens (tertiary/aromatic N) is 2. The molecule has 5 nitrogen and oxygen atoms in total. The molecular formula is C13H12ClN3O2S. The van der Waals surface area contributed by atoms with Crippen molar-refractivity contribution in [3.63, 3.8) is 0 Å². The molecule has 1 heterocycles. The summed E-state index contributed by atoms with van der Waals surface area (Å²) in [6, 6.07) is 6.93. The largest absolute Gasteiger partial charge is 0.472 e. The molecular weight excluding hydrogens is 298 g/mol. The summed E-state index contributed by atoms with van der Waals surface area (Å²) in [6.07, 6.45) is 3.30. The molecule has 1 N–H and O–H groups in total. The van der Waals surface area contributed by atoms with Gasteiger partial charge in [-0.2, -0.15) is 0 Å². The standard InChI is InChI=1S/C13H12ClN3O2S/c1-2-9-4-3-5-10(13(18)15-14)11(9)8-19-12-6-7-17(20)16-12/h2-7,20H,1,8H2,(H,15,18). The van der Waals surface area contributed by atoms with Gasteiger partial charge in [0.1, 0.15) is 6.61 Å². The van der Waals surface area contributed by atoms with Crippen LogP contribution in [0.1, 0.15) is 21.5 Å².